The van der Waals surface area contributed by atoms with E-state index in [1.54, 1.807) is 12.1 Å². The molecule has 4 nitrogen and oxygen atoms in total. The van der Waals surface area contributed by atoms with E-state index in [1.165, 1.54) is 0 Å². The van der Waals surface area contributed by atoms with Crippen LogP contribution in [0.4, 0.5) is 5.69 Å². The van der Waals surface area contributed by atoms with Crippen LogP contribution >= 0.6 is 0 Å². The van der Waals surface area contributed by atoms with Gasteiger partial charge in [0.05, 0.1) is 18.1 Å². The predicted octanol–water partition coefficient (Wildman–Crippen LogP) is 3.03. The molecule has 1 rings (SSSR count). The summed E-state index contributed by atoms with van der Waals surface area (Å²) in [6, 6.07) is 7.15. The van der Waals surface area contributed by atoms with E-state index < -0.39 is 9.84 Å². The van der Waals surface area contributed by atoms with Gasteiger partial charge in [0.1, 0.15) is 15.6 Å². The standard InChI is InChI=1S/C15H25NO3S/c1-2-3-4-5-11-20(17,18)12-7-10-19-15-9-6-8-14(16)13-15/h6,8-9,13H,2-5,7,10-12,16H2,1H3. The molecule has 0 radical (unpaired) electrons. The Bertz CT molecular complexity index is 486. The summed E-state index contributed by atoms with van der Waals surface area (Å²) in [6.45, 7) is 2.51. The molecule has 0 spiro atoms. The summed E-state index contributed by atoms with van der Waals surface area (Å²) in [5, 5.41) is 0. The molecule has 20 heavy (non-hydrogen) atoms. The van der Waals surface area contributed by atoms with Crippen molar-refractivity contribution in [2.24, 2.45) is 0 Å². The second-order valence-corrected chi connectivity index (χ2v) is 7.29. The van der Waals surface area contributed by atoms with Gasteiger partial charge in [0.2, 0.25) is 0 Å². The van der Waals surface area contributed by atoms with Gasteiger partial charge in [0.25, 0.3) is 0 Å². The van der Waals surface area contributed by atoms with E-state index in [2.05, 4.69) is 6.92 Å². The van der Waals surface area contributed by atoms with E-state index in [9.17, 15) is 8.42 Å². The highest BCUT2D eigenvalue weighted by molar-refractivity contribution is 7.91. The van der Waals surface area contributed by atoms with Gasteiger partial charge in [-0.3, -0.25) is 0 Å². The Hall–Kier alpha value is -1.23. The van der Waals surface area contributed by atoms with Gasteiger partial charge < -0.3 is 10.5 Å². The van der Waals surface area contributed by atoms with Crippen molar-refractivity contribution in [3.05, 3.63) is 24.3 Å². The summed E-state index contributed by atoms with van der Waals surface area (Å²) in [5.74, 6) is 1.18. The van der Waals surface area contributed by atoms with Crippen LogP contribution in [0.15, 0.2) is 24.3 Å². The van der Waals surface area contributed by atoms with E-state index >= 15 is 0 Å². The molecule has 0 fully saturated rings. The molecule has 0 saturated heterocycles. The van der Waals surface area contributed by atoms with Crippen molar-refractivity contribution in [2.75, 3.05) is 23.8 Å². The molecule has 0 heterocycles. The van der Waals surface area contributed by atoms with Crippen LogP contribution in [0.3, 0.4) is 0 Å². The lowest BCUT2D eigenvalue weighted by Crippen LogP contribution is -2.13. The van der Waals surface area contributed by atoms with Crippen LogP contribution in [0.25, 0.3) is 0 Å². The number of rotatable bonds is 10. The lowest BCUT2D eigenvalue weighted by atomic mass is 10.2. The zero-order chi connectivity index (χ0) is 14.8. The lowest BCUT2D eigenvalue weighted by molar-refractivity contribution is 0.318. The average molecular weight is 299 g/mol. The normalized spacial score (nSPS) is 11.4. The Morgan fingerprint density at radius 3 is 2.55 bits per heavy atom. The zero-order valence-electron chi connectivity index (χ0n) is 12.2. The molecule has 1 aromatic rings. The summed E-state index contributed by atoms with van der Waals surface area (Å²) in [5.41, 5.74) is 6.28. The molecule has 0 aliphatic carbocycles. The third-order valence-electron chi connectivity index (χ3n) is 3.04. The largest absolute Gasteiger partial charge is 0.493 e. The van der Waals surface area contributed by atoms with Crippen molar-refractivity contribution in [3.8, 4) is 5.75 Å². The molecule has 0 aromatic heterocycles. The van der Waals surface area contributed by atoms with Crippen LogP contribution < -0.4 is 10.5 Å². The number of nitrogen functional groups attached to an aromatic ring is 1. The van der Waals surface area contributed by atoms with Gasteiger partial charge in [-0.25, -0.2) is 8.42 Å². The first kappa shape index (κ1) is 16.8. The van der Waals surface area contributed by atoms with Crippen LogP contribution in [0.5, 0.6) is 5.75 Å². The lowest BCUT2D eigenvalue weighted by Gasteiger charge is -2.07. The van der Waals surface area contributed by atoms with E-state index in [-0.39, 0.29) is 5.75 Å². The summed E-state index contributed by atoms with van der Waals surface area (Å²) in [7, 11) is -2.93. The number of hydrogen-bond donors (Lipinski definition) is 1. The second kappa shape index (κ2) is 8.84. The number of nitrogens with two attached hydrogens (primary N) is 1. The minimum atomic E-state index is -2.93. The van der Waals surface area contributed by atoms with Crippen molar-refractivity contribution < 1.29 is 13.2 Å². The molecular formula is C15H25NO3S. The molecule has 0 aliphatic heterocycles. The first-order chi connectivity index (χ1) is 9.53. The number of benzene rings is 1. The molecule has 0 aliphatic rings. The Morgan fingerprint density at radius 1 is 1.10 bits per heavy atom. The zero-order valence-corrected chi connectivity index (χ0v) is 13.0. The Balaban J connectivity index is 2.19. The fraction of sp³-hybridized carbons (Fsp3) is 0.600. The smallest absolute Gasteiger partial charge is 0.150 e. The van der Waals surface area contributed by atoms with Crippen LogP contribution in [0, 0.1) is 0 Å². The second-order valence-electron chi connectivity index (χ2n) is 4.99. The fourth-order valence-corrected chi connectivity index (χ4v) is 3.33. The Morgan fingerprint density at radius 2 is 1.85 bits per heavy atom. The predicted molar refractivity (Wildman–Crippen MR) is 83.8 cm³/mol. The molecule has 0 amide bonds. The number of sulfone groups is 1. The fourth-order valence-electron chi connectivity index (χ4n) is 1.92. The molecule has 1 aromatic carbocycles. The summed E-state index contributed by atoms with van der Waals surface area (Å²) < 4.78 is 29.0. The molecule has 0 saturated carbocycles. The third-order valence-corrected chi connectivity index (χ3v) is 4.86. The highest BCUT2D eigenvalue weighted by Gasteiger charge is 2.10. The van der Waals surface area contributed by atoms with Gasteiger partial charge in [-0.2, -0.15) is 0 Å². The van der Waals surface area contributed by atoms with Crippen molar-refractivity contribution in [1.29, 1.82) is 0 Å². The minimum absolute atomic E-state index is 0.196. The van der Waals surface area contributed by atoms with Crippen LogP contribution in [0.1, 0.15) is 39.0 Å². The highest BCUT2D eigenvalue weighted by Crippen LogP contribution is 2.14. The number of ether oxygens (including phenoxy) is 1. The van der Waals surface area contributed by atoms with Gasteiger partial charge in [-0.15, -0.1) is 0 Å². The first-order valence-corrected chi connectivity index (χ1v) is 9.04. The Labute approximate surface area is 122 Å². The molecule has 114 valence electrons. The topological polar surface area (TPSA) is 69.4 Å². The summed E-state index contributed by atoms with van der Waals surface area (Å²) in [4.78, 5) is 0. The van der Waals surface area contributed by atoms with E-state index in [0.717, 1.165) is 25.7 Å². The summed E-state index contributed by atoms with van der Waals surface area (Å²) >= 11 is 0. The molecular weight excluding hydrogens is 274 g/mol. The Kier molecular flexibility index (Phi) is 7.44. The molecule has 0 unspecified atom stereocenters. The molecule has 0 bridgehead atoms. The maximum atomic E-state index is 11.8. The summed E-state index contributed by atoms with van der Waals surface area (Å²) in [6.07, 6.45) is 4.51. The maximum absolute atomic E-state index is 11.8. The third kappa shape index (κ3) is 7.38. The number of hydrogen-bond acceptors (Lipinski definition) is 4. The van der Waals surface area contributed by atoms with Crippen molar-refractivity contribution in [1.82, 2.24) is 0 Å². The SMILES string of the molecule is CCCCCCS(=O)(=O)CCCOc1cccc(N)c1. The van der Waals surface area contributed by atoms with Crippen LogP contribution in [-0.4, -0.2) is 26.5 Å². The van der Waals surface area contributed by atoms with Gasteiger partial charge in [-0.05, 0) is 25.0 Å². The molecule has 5 heteroatoms. The van der Waals surface area contributed by atoms with Crippen molar-refractivity contribution in [2.45, 2.75) is 39.0 Å². The number of unbranched alkanes of at least 4 members (excludes halogenated alkanes) is 3. The van der Waals surface area contributed by atoms with Crippen LogP contribution in [-0.2, 0) is 9.84 Å². The van der Waals surface area contributed by atoms with E-state index in [1.807, 2.05) is 12.1 Å². The van der Waals surface area contributed by atoms with Crippen molar-refractivity contribution in [3.63, 3.8) is 0 Å². The van der Waals surface area contributed by atoms with Gasteiger partial charge >= 0.3 is 0 Å². The van der Waals surface area contributed by atoms with E-state index in [4.69, 9.17) is 10.5 Å². The molecule has 0 atom stereocenters. The average Bonchev–Trinajstić information content (AvgIpc) is 2.40. The van der Waals surface area contributed by atoms with Gasteiger partial charge in [0.15, 0.2) is 0 Å². The molecule has 2 N–H and O–H groups in total. The van der Waals surface area contributed by atoms with Gasteiger partial charge in [0, 0.05) is 11.8 Å². The van der Waals surface area contributed by atoms with Crippen molar-refractivity contribution >= 4 is 15.5 Å². The van der Waals surface area contributed by atoms with Crippen LogP contribution in [0.2, 0.25) is 0 Å². The maximum Gasteiger partial charge on any atom is 0.150 e. The van der Waals surface area contributed by atoms with E-state index in [0.29, 0.717) is 30.2 Å². The monoisotopic (exact) mass is 299 g/mol. The highest BCUT2D eigenvalue weighted by atomic mass is 32.2. The van der Waals surface area contributed by atoms with Gasteiger partial charge in [-0.1, -0.05) is 32.3 Å². The first-order valence-electron chi connectivity index (χ1n) is 7.22. The quantitative estimate of drug-likeness (QED) is 0.532. The minimum Gasteiger partial charge on any atom is -0.493 e. The number of anilines is 1.